The van der Waals surface area contributed by atoms with Crippen LogP contribution < -0.4 is 0 Å². The van der Waals surface area contributed by atoms with E-state index in [-0.39, 0.29) is 6.03 Å². The number of likely N-dealkylation sites (N-methyl/N-ethyl adjacent to an activating group) is 2. The van der Waals surface area contributed by atoms with Crippen LogP contribution in [-0.4, -0.2) is 41.0 Å². The molecule has 3 heteroatoms. The van der Waals surface area contributed by atoms with Crippen LogP contribution in [0.25, 0.3) is 0 Å². The summed E-state index contributed by atoms with van der Waals surface area (Å²) >= 11 is 0. The zero-order chi connectivity index (χ0) is 10.8. The number of allylic oxidation sites excluding steroid dienone is 1. The highest BCUT2D eigenvalue weighted by Crippen LogP contribution is 2.29. The Morgan fingerprint density at radius 1 is 1.33 bits per heavy atom. The molecule has 1 aliphatic carbocycles. The van der Waals surface area contributed by atoms with E-state index in [0.717, 1.165) is 25.9 Å². The SMILES string of the molecule is CCN1C(=O)N(CC)[C@H]2C=CCCC[C@H]21. The Labute approximate surface area is 91.7 Å². The van der Waals surface area contributed by atoms with Crippen molar-refractivity contribution < 1.29 is 4.79 Å². The Morgan fingerprint density at radius 2 is 2.07 bits per heavy atom. The number of carbonyl (C=O) groups is 1. The number of nitrogens with zero attached hydrogens (tertiary/aromatic N) is 2. The Balaban J connectivity index is 2.26. The fourth-order valence-electron chi connectivity index (χ4n) is 2.78. The standard InChI is InChI=1S/C12H20N2O/c1-3-13-10-8-6-5-7-9-11(10)14(4-2)12(13)15/h6,8,10-11H,3-5,7,9H2,1-2H3/t10-,11+/m0/s1. The number of rotatable bonds is 2. The summed E-state index contributed by atoms with van der Waals surface area (Å²) in [6, 6.07) is 0.965. The molecular formula is C12H20N2O. The van der Waals surface area contributed by atoms with Crippen LogP contribution in [0, 0.1) is 0 Å². The molecule has 2 atom stereocenters. The monoisotopic (exact) mass is 208 g/mol. The highest BCUT2D eigenvalue weighted by atomic mass is 16.2. The molecule has 2 rings (SSSR count). The average molecular weight is 208 g/mol. The summed E-state index contributed by atoms with van der Waals surface area (Å²) in [5.41, 5.74) is 0. The van der Waals surface area contributed by atoms with Crippen LogP contribution in [0.1, 0.15) is 33.1 Å². The van der Waals surface area contributed by atoms with E-state index in [1.165, 1.54) is 6.42 Å². The molecule has 3 nitrogen and oxygen atoms in total. The fraction of sp³-hybridized carbons (Fsp3) is 0.750. The maximum Gasteiger partial charge on any atom is 0.320 e. The first kappa shape index (κ1) is 10.5. The quantitative estimate of drug-likeness (QED) is 0.638. The smallest absolute Gasteiger partial charge is 0.320 e. The van der Waals surface area contributed by atoms with Crippen molar-refractivity contribution in [3.63, 3.8) is 0 Å². The molecule has 0 aromatic heterocycles. The molecule has 0 saturated carbocycles. The number of amides is 2. The van der Waals surface area contributed by atoms with Crippen molar-refractivity contribution in [2.24, 2.45) is 0 Å². The van der Waals surface area contributed by atoms with Crippen LogP contribution in [0.15, 0.2) is 12.2 Å². The molecular weight excluding hydrogens is 188 g/mol. The number of fused-ring (bicyclic) bond motifs is 1. The van der Waals surface area contributed by atoms with Crippen molar-refractivity contribution in [3.8, 4) is 0 Å². The Kier molecular flexibility index (Phi) is 2.98. The normalized spacial score (nSPS) is 30.7. The maximum atomic E-state index is 12.1. The second-order valence-electron chi connectivity index (χ2n) is 4.27. The molecule has 2 aliphatic rings. The summed E-state index contributed by atoms with van der Waals surface area (Å²) in [5, 5.41) is 0. The van der Waals surface area contributed by atoms with E-state index in [0.29, 0.717) is 12.1 Å². The Morgan fingerprint density at radius 3 is 2.73 bits per heavy atom. The molecule has 0 bridgehead atoms. The van der Waals surface area contributed by atoms with Gasteiger partial charge < -0.3 is 9.80 Å². The summed E-state index contributed by atoms with van der Waals surface area (Å²) in [4.78, 5) is 16.1. The van der Waals surface area contributed by atoms with Gasteiger partial charge in [-0.15, -0.1) is 0 Å². The first-order valence-electron chi connectivity index (χ1n) is 6.03. The highest BCUT2D eigenvalue weighted by molar-refractivity contribution is 5.78. The molecule has 84 valence electrons. The molecule has 0 aromatic rings. The van der Waals surface area contributed by atoms with Crippen molar-refractivity contribution in [1.29, 1.82) is 0 Å². The van der Waals surface area contributed by atoms with Crippen LogP contribution in [-0.2, 0) is 0 Å². The topological polar surface area (TPSA) is 23.6 Å². The molecule has 0 spiro atoms. The first-order valence-corrected chi connectivity index (χ1v) is 6.03. The lowest BCUT2D eigenvalue weighted by molar-refractivity contribution is 0.188. The molecule has 0 unspecified atom stereocenters. The van der Waals surface area contributed by atoms with Gasteiger partial charge in [0.2, 0.25) is 0 Å². The third-order valence-electron chi connectivity index (χ3n) is 3.53. The molecule has 15 heavy (non-hydrogen) atoms. The molecule has 1 heterocycles. The van der Waals surface area contributed by atoms with Gasteiger partial charge in [-0.3, -0.25) is 0 Å². The summed E-state index contributed by atoms with van der Waals surface area (Å²) in [6.45, 7) is 5.79. The van der Waals surface area contributed by atoms with Gasteiger partial charge in [-0.25, -0.2) is 4.79 Å². The molecule has 0 N–H and O–H groups in total. The zero-order valence-corrected chi connectivity index (χ0v) is 9.65. The van der Waals surface area contributed by atoms with Crippen LogP contribution in [0.3, 0.4) is 0 Å². The molecule has 2 amide bonds. The molecule has 1 fully saturated rings. The first-order chi connectivity index (χ1) is 7.29. The van der Waals surface area contributed by atoms with Gasteiger partial charge in [-0.2, -0.15) is 0 Å². The van der Waals surface area contributed by atoms with Crippen molar-refractivity contribution in [2.75, 3.05) is 13.1 Å². The number of hydrogen-bond donors (Lipinski definition) is 0. The summed E-state index contributed by atoms with van der Waals surface area (Å²) in [6.07, 6.45) is 7.98. The predicted molar refractivity (Wildman–Crippen MR) is 60.7 cm³/mol. The number of hydrogen-bond acceptors (Lipinski definition) is 1. The van der Waals surface area contributed by atoms with E-state index in [1.54, 1.807) is 0 Å². The molecule has 1 aliphatic heterocycles. The predicted octanol–water partition coefficient (Wildman–Crippen LogP) is 2.24. The van der Waals surface area contributed by atoms with Gasteiger partial charge in [0.25, 0.3) is 0 Å². The second kappa shape index (κ2) is 4.25. The van der Waals surface area contributed by atoms with Gasteiger partial charge in [0.1, 0.15) is 0 Å². The summed E-state index contributed by atoms with van der Waals surface area (Å²) < 4.78 is 0. The van der Waals surface area contributed by atoms with Gasteiger partial charge in [0.05, 0.1) is 12.1 Å². The van der Waals surface area contributed by atoms with Gasteiger partial charge in [-0.05, 0) is 33.1 Å². The average Bonchev–Trinajstić information content (AvgIpc) is 2.43. The van der Waals surface area contributed by atoms with Crippen LogP contribution >= 0.6 is 0 Å². The fourth-order valence-corrected chi connectivity index (χ4v) is 2.78. The zero-order valence-electron chi connectivity index (χ0n) is 9.65. The van der Waals surface area contributed by atoms with Gasteiger partial charge in [0, 0.05) is 13.1 Å². The van der Waals surface area contributed by atoms with Crippen LogP contribution in [0.4, 0.5) is 4.79 Å². The van der Waals surface area contributed by atoms with Crippen molar-refractivity contribution in [3.05, 3.63) is 12.2 Å². The van der Waals surface area contributed by atoms with Crippen molar-refractivity contribution in [1.82, 2.24) is 9.80 Å². The lowest BCUT2D eigenvalue weighted by Gasteiger charge is -2.23. The highest BCUT2D eigenvalue weighted by Gasteiger charge is 2.42. The van der Waals surface area contributed by atoms with Crippen LogP contribution in [0.2, 0.25) is 0 Å². The van der Waals surface area contributed by atoms with E-state index < -0.39 is 0 Å². The summed E-state index contributed by atoms with van der Waals surface area (Å²) in [7, 11) is 0. The Hall–Kier alpha value is -0.990. The van der Waals surface area contributed by atoms with E-state index in [1.807, 2.05) is 9.80 Å². The van der Waals surface area contributed by atoms with Crippen molar-refractivity contribution in [2.45, 2.75) is 45.2 Å². The molecule has 0 radical (unpaired) electrons. The van der Waals surface area contributed by atoms with Crippen molar-refractivity contribution >= 4 is 6.03 Å². The third kappa shape index (κ3) is 1.64. The summed E-state index contributed by atoms with van der Waals surface area (Å²) in [5.74, 6) is 0. The Bertz CT molecular complexity index is 275. The molecule has 1 saturated heterocycles. The largest absolute Gasteiger partial charge is 0.320 e. The minimum Gasteiger partial charge on any atom is -0.320 e. The van der Waals surface area contributed by atoms with Gasteiger partial charge in [-0.1, -0.05) is 12.2 Å². The van der Waals surface area contributed by atoms with E-state index in [9.17, 15) is 4.79 Å². The van der Waals surface area contributed by atoms with Gasteiger partial charge in [0.15, 0.2) is 0 Å². The van der Waals surface area contributed by atoms with E-state index in [2.05, 4.69) is 26.0 Å². The minimum atomic E-state index is 0.224. The lowest BCUT2D eigenvalue weighted by atomic mass is 10.0. The van der Waals surface area contributed by atoms with E-state index in [4.69, 9.17) is 0 Å². The van der Waals surface area contributed by atoms with Crippen LogP contribution in [0.5, 0.6) is 0 Å². The second-order valence-corrected chi connectivity index (χ2v) is 4.27. The number of urea groups is 1. The van der Waals surface area contributed by atoms with Gasteiger partial charge >= 0.3 is 6.03 Å². The third-order valence-corrected chi connectivity index (χ3v) is 3.53. The number of carbonyl (C=O) groups excluding carboxylic acids is 1. The van der Waals surface area contributed by atoms with E-state index >= 15 is 0 Å². The lowest BCUT2D eigenvalue weighted by Crippen LogP contribution is -2.35. The molecule has 0 aromatic carbocycles. The maximum absolute atomic E-state index is 12.1. The minimum absolute atomic E-state index is 0.224.